The molecule has 0 saturated heterocycles. The van der Waals surface area contributed by atoms with Crippen molar-refractivity contribution >= 4 is 27.8 Å². The average Bonchev–Trinajstić information content (AvgIpc) is 3.03. The zero-order valence-electron chi connectivity index (χ0n) is 14.6. The number of methoxy groups -OCH3 is 1. The minimum atomic E-state index is -0.458. The number of phenols is 1. The van der Waals surface area contributed by atoms with Gasteiger partial charge in [0, 0.05) is 11.9 Å². The molecule has 1 N–H and O–H groups in total. The van der Waals surface area contributed by atoms with E-state index in [9.17, 15) is 15.2 Å². The summed E-state index contributed by atoms with van der Waals surface area (Å²) < 4.78 is 6.93. The van der Waals surface area contributed by atoms with Gasteiger partial charge in [0.15, 0.2) is 0 Å². The molecule has 5 nitrogen and oxygen atoms in total. The Morgan fingerprint density at radius 3 is 2.48 bits per heavy atom. The topological polar surface area (TPSA) is 75.2 Å². The summed E-state index contributed by atoms with van der Waals surface area (Å²) in [5, 5.41) is 21.2. The number of carbonyl (C=O) groups is 1. The van der Waals surface area contributed by atoms with Crippen molar-refractivity contribution < 1.29 is 14.6 Å². The first kappa shape index (κ1) is 16.7. The maximum atomic E-state index is 12.3. The van der Waals surface area contributed by atoms with Crippen molar-refractivity contribution in [3.8, 4) is 11.8 Å². The summed E-state index contributed by atoms with van der Waals surface area (Å²) in [4.78, 5) is 12.3. The summed E-state index contributed by atoms with van der Waals surface area (Å²) in [6, 6.07) is 20.3. The number of nitriles is 1. The molecule has 4 aromatic rings. The van der Waals surface area contributed by atoms with E-state index in [1.807, 2.05) is 34.9 Å². The van der Waals surface area contributed by atoms with Crippen molar-refractivity contribution in [1.29, 1.82) is 5.26 Å². The fourth-order valence-electron chi connectivity index (χ4n) is 3.55. The van der Waals surface area contributed by atoms with Crippen LogP contribution in [0.3, 0.4) is 0 Å². The van der Waals surface area contributed by atoms with Gasteiger partial charge in [0.05, 0.1) is 40.7 Å². The number of esters is 1. The van der Waals surface area contributed by atoms with Gasteiger partial charge >= 0.3 is 5.97 Å². The quantitative estimate of drug-likeness (QED) is 0.558. The first-order valence-electron chi connectivity index (χ1n) is 8.45. The van der Waals surface area contributed by atoms with E-state index in [0.29, 0.717) is 28.4 Å². The first-order valence-corrected chi connectivity index (χ1v) is 8.45. The molecule has 5 heteroatoms. The van der Waals surface area contributed by atoms with Gasteiger partial charge in [-0.1, -0.05) is 30.3 Å². The van der Waals surface area contributed by atoms with Crippen LogP contribution in [0.2, 0.25) is 0 Å². The molecule has 1 heterocycles. The van der Waals surface area contributed by atoms with E-state index in [2.05, 4.69) is 6.07 Å². The molecule has 0 spiro atoms. The Morgan fingerprint density at radius 1 is 1.04 bits per heavy atom. The Bertz CT molecular complexity index is 1230. The summed E-state index contributed by atoms with van der Waals surface area (Å²) in [6.07, 6.45) is 0. The second-order valence-corrected chi connectivity index (χ2v) is 6.22. The van der Waals surface area contributed by atoms with Gasteiger partial charge in [-0.05, 0) is 35.9 Å². The third kappa shape index (κ3) is 2.59. The molecule has 0 aliphatic heterocycles. The predicted octanol–water partition coefficient (Wildman–Crippen LogP) is 4.21. The lowest BCUT2D eigenvalue weighted by Crippen LogP contribution is -2.03. The van der Waals surface area contributed by atoms with Gasteiger partial charge in [0.25, 0.3) is 0 Å². The summed E-state index contributed by atoms with van der Waals surface area (Å²) in [5.74, 6) is -0.360. The largest absolute Gasteiger partial charge is 0.507 e. The number of aromatic nitrogens is 1. The van der Waals surface area contributed by atoms with E-state index < -0.39 is 5.97 Å². The average molecular weight is 356 g/mol. The van der Waals surface area contributed by atoms with E-state index in [1.165, 1.54) is 7.11 Å². The van der Waals surface area contributed by atoms with Gasteiger partial charge in [-0.2, -0.15) is 5.26 Å². The Labute approximate surface area is 155 Å². The summed E-state index contributed by atoms with van der Waals surface area (Å²) in [5.41, 5.74) is 3.44. The molecule has 3 aromatic carbocycles. The monoisotopic (exact) mass is 356 g/mol. The van der Waals surface area contributed by atoms with Crippen LogP contribution in [0.5, 0.6) is 5.75 Å². The molecule has 0 fully saturated rings. The van der Waals surface area contributed by atoms with Crippen LogP contribution in [0.15, 0.2) is 60.7 Å². The highest BCUT2D eigenvalue weighted by molar-refractivity contribution is 6.19. The van der Waals surface area contributed by atoms with Crippen molar-refractivity contribution in [3.05, 3.63) is 77.4 Å². The second-order valence-electron chi connectivity index (χ2n) is 6.22. The van der Waals surface area contributed by atoms with E-state index in [4.69, 9.17) is 4.74 Å². The minimum Gasteiger partial charge on any atom is -0.507 e. The third-order valence-electron chi connectivity index (χ3n) is 4.77. The fraction of sp³-hybridized carbons (Fsp3) is 0.0909. The van der Waals surface area contributed by atoms with Crippen LogP contribution < -0.4 is 0 Å². The molecule has 1 aromatic heterocycles. The smallest absolute Gasteiger partial charge is 0.338 e. The second kappa shape index (κ2) is 6.50. The van der Waals surface area contributed by atoms with E-state index in [-0.39, 0.29) is 5.75 Å². The van der Waals surface area contributed by atoms with Crippen molar-refractivity contribution in [3.63, 3.8) is 0 Å². The van der Waals surface area contributed by atoms with Gasteiger partial charge < -0.3 is 14.4 Å². The molecule has 27 heavy (non-hydrogen) atoms. The Hall–Kier alpha value is -3.78. The van der Waals surface area contributed by atoms with Crippen LogP contribution in [0.1, 0.15) is 21.5 Å². The Morgan fingerprint density at radius 2 is 1.74 bits per heavy atom. The highest BCUT2D eigenvalue weighted by Gasteiger charge is 2.20. The molecule has 0 aliphatic carbocycles. The number of nitrogens with zero attached hydrogens (tertiary/aromatic N) is 2. The zero-order chi connectivity index (χ0) is 19.0. The molecule has 0 atom stereocenters. The van der Waals surface area contributed by atoms with Gasteiger partial charge in [0.2, 0.25) is 0 Å². The molecular weight excluding hydrogens is 340 g/mol. The van der Waals surface area contributed by atoms with Crippen LogP contribution in [-0.4, -0.2) is 22.8 Å². The van der Waals surface area contributed by atoms with E-state index in [0.717, 1.165) is 16.6 Å². The maximum absolute atomic E-state index is 12.3. The van der Waals surface area contributed by atoms with Gasteiger partial charge in [0.1, 0.15) is 5.75 Å². The van der Waals surface area contributed by atoms with E-state index in [1.54, 1.807) is 30.3 Å². The molecule has 0 bridgehead atoms. The fourth-order valence-corrected chi connectivity index (χ4v) is 3.55. The summed E-state index contributed by atoms with van der Waals surface area (Å²) >= 11 is 0. The minimum absolute atomic E-state index is 0.0983. The number of ether oxygens (including phenoxy) is 1. The SMILES string of the molecule is COC(=O)c1cccc2c1c1c(O)cccc1n2Cc1ccccc1C#N. The van der Waals surface area contributed by atoms with Crippen molar-refractivity contribution in [1.82, 2.24) is 4.57 Å². The molecular formula is C22H16N2O3. The molecule has 132 valence electrons. The first-order chi connectivity index (χ1) is 13.2. The number of hydrogen-bond acceptors (Lipinski definition) is 4. The molecule has 0 aliphatic rings. The number of aromatic hydroxyl groups is 1. The van der Waals surface area contributed by atoms with E-state index >= 15 is 0 Å². The highest BCUT2D eigenvalue weighted by Crippen LogP contribution is 2.37. The lowest BCUT2D eigenvalue weighted by Gasteiger charge is -2.09. The lowest BCUT2D eigenvalue weighted by atomic mass is 10.1. The normalized spacial score (nSPS) is 10.8. The molecule has 4 rings (SSSR count). The van der Waals surface area contributed by atoms with Crippen LogP contribution in [0, 0.1) is 11.3 Å². The third-order valence-corrected chi connectivity index (χ3v) is 4.77. The van der Waals surface area contributed by atoms with Crippen molar-refractivity contribution in [2.45, 2.75) is 6.54 Å². The summed E-state index contributed by atoms with van der Waals surface area (Å²) in [6.45, 7) is 0.442. The maximum Gasteiger partial charge on any atom is 0.338 e. The Balaban J connectivity index is 2.07. The van der Waals surface area contributed by atoms with Gasteiger partial charge in [-0.15, -0.1) is 0 Å². The van der Waals surface area contributed by atoms with Crippen LogP contribution in [0.4, 0.5) is 0 Å². The van der Waals surface area contributed by atoms with Crippen LogP contribution in [-0.2, 0) is 11.3 Å². The highest BCUT2D eigenvalue weighted by atomic mass is 16.5. The standard InChI is InChI=1S/C22H16N2O3/c1-27-22(26)16-8-4-9-17-20(16)21-18(10-5-11-19(21)25)24(17)13-15-7-3-2-6-14(15)12-23/h2-11,25H,13H2,1H3. The number of fused-ring (bicyclic) bond motifs is 3. The lowest BCUT2D eigenvalue weighted by molar-refractivity contribution is 0.0603. The van der Waals surface area contributed by atoms with Gasteiger partial charge in [-0.3, -0.25) is 0 Å². The zero-order valence-corrected chi connectivity index (χ0v) is 14.6. The molecule has 0 radical (unpaired) electrons. The Kier molecular flexibility index (Phi) is 4.02. The number of hydrogen-bond donors (Lipinski definition) is 1. The van der Waals surface area contributed by atoms with Crippen molar-refractivity contribution in [2.75, 3.05) is 7.11 Å². The molecule has 0 amide bonds. The predicted molar refractivity (Wildman–Crippen MR) is 103 cm³/mol. The van der Waals surface area contributed by atoms with Crippen molar-refractivity contribution in [2.24, 2.45) is 0 Å². The molecule has 0 saturated carbocycles. The number of rotatable bonds is 3. The number of phenolic OH excluding ortho intramolecular Hbond substituents is 1. The van der Waals surface area contributed by atoms with Crippen LogP contribution in [0.25, 0.3) is 21.8 Å². The van der Waals surface area contributed by atoms with Gasteiger partial charge in [-0.25, -0.2) is 4.79 Å². The molecule has 0 unspecified atom stereocenters. The number of carbonyl (C=O) groups excluding carboxylic acids is 1. The summed E-state index contributed by atoms with van der Waals surface area (Å²) in [7, 11) is 1.34. The van der Waals surface area contributed by atoms with Crippen LogP contribution >= 0.6 is 0 Å². The number of benzene rings is 3.